The maximum absolute atomic E-state index is 14.8. The third kappa shape index (κ3) is 3.58. The summed E-state index contributed by atoms with van der Waals surface area (Å²) in [6.07, 6.45) is 0. The van der Waals surface area contributed by atoms with Gasteiger partial charge < -0.3 is 11.1 Å². The Morgan fingerprint density at radius 1 is 0.966 bits per heavy atom. The number of amides is 1. The van der Waals surface area contributed by atoms with Crippen LogP contribution in [-0.4, -0.2) is 28.1 Å². The molecule has 0 saturated heterocycles. The van der Waals surface area contributed by atoms with Crippen LogP contribution in [0.15, 0.2) is 66.7 Å². The number of hydrogen-bond acceptors (Lipinski definition) is 4. The van der Waals surface area contributed by atoms with Crippen LogP contribution in [0.1, 0.15) is 10.6 Å². The van der Waals surface area contributed by atoms with E-state index in [-0.39, 0.29) is 17.5 Å². The van der Waals surface area contributed by atoms with Crippen molar-refractivity contribution < 1.29 is 9.18 Å². The van der Waals surface area contributed by atoms with Crippen LogP contribution < -0.4 is 11.1 Å². The second-order valence-electron chi connectivity index (χ2n) is 6.44. The number of aromatic amines is 1. The molecule has 29 heavy (non-hydrogen) atoms. The van der Waals surface area contributed by atoms with E-state index in [1.54, 1.807) is 12.1 Å². The summed E-state index contributed by atoms with van der Waals surface area (Å²) in [6, 6.07) is 20.1. The van der Waals surface area contributed by atoms with E-state index >= 15 is 0 Å². The number of nitrogens with one attached hydrogen (secondary N) is 2. The minimum atomic E-state index is -0.707. The fourth-order valence-corrected chi connectivity index (χ4v) is 3.16. The van der Waals surface area contributed by atoms with Crippen LogP contribution in [0.4, 0.5) is 10.1 Å². The normalized spacial score (nSPS) is 10.7. The summed E-state index contributed by atoms with van der Waals surface area (Å²) in [7, 11) is 1.86. The van der Waals surface area contributed by atoms with Gasteiger partial charge in [-0.1, -0.05) is 36.4 Å². The molecule has 4 aromatic rings. The molecule has 1 heterocycles. The van der Waals surface area contributed by atoms with Gasteiger partial charge in [-0.3, -0.25) is 9.89 Å². The lowest BCUT2D eigenvalue weighted by molar-refractivity contribution is 0.0991. The minimum Gasteiger partial charge on any atom is -0.388 e. The molecule has 3 aromatic carbocycles. The zero-order valence-electron chi connectivity index (χ0n) is 15.6. The lowest BCUT2D eigenvalue weighted by atomic mass is 9.93. The molecule has 0 unspecified atom stereocenters. The van der Waals surface area contributed by atoms with Crippen molar-refractivity contribution in [1.82, 2.24) is 15.2 Å². The first-order valence-electron chi connectivity index (χ1n) is 8.96. The molecule has 1 amide bonds. The van der Waals surface area contributed by atoms with Gasteiger partial charge in [0.2, 0.25) is 5.82 Å². The average Bonchev–Trinajstić information content (AvgIpc) is 3.25. The van der Waals surface area contributed by atoms with Crippen molar-refractivity contribution in [2.75, 3.05) is 12.4 Å². The van der Waals surface area contributed by atoms with Crippen molar-refractivity contribution in [3.63, 3.8) is 0 Å². The Labute approximate surface area is 166 Å². The zero-order valence-corrected chi connectivity index (χ0v) is 15.6. The molecule has 0 fully saturated rings. The average molecular weight is 387 g/mol. The van der Waals surface area contributed by atoms with Crippen LogP contribution >= 0.6 is 0 Å². The summed E-state index contributed by atoms with van der Waals surface area (Å²) in [5.41, 5.74) is 9.82. The number of carbonyl (C=O) groups is 1. The number of nitrogens with zero attached hydrogens (tertiary/aromatic N) is 2. The zero-order chi connectivity index (χ0) is 20.4. The Bertz CT molecular complexity index is 1180. The van der Waals surface area contributed by atoms with Crippen molar-refractivity contribution in [1.29, 1.82) is 0 Å². The summed E-state index contributed by atoms with van der Waals surface area (Å²) in [5, 5.41) is 9.58. The molecule has 0 saturated carbocycles. The Kier molecular flexibility index (Phi) is 4.78. The first-order chi connectivity index (χ1) is 14.1. The lowest BCUT2D eigenvalue weighted by Gasteiger charge is -2.12. The fourth-order valence-electron chi connectivity index (χ4n) is 3.16. The molecule has 7 heteroatoms. The van der Waals surface area contributed by atoms with Crippen molar-refractivity contribution in [2.24, 2.45) is 5.73 Å². The molecule has 144 valence electrons. The molecule has 0 spiro atoms. The molecule has 0 radical (unpaired) electrons. The summed E-state index contributed by atoms with van der Waals surface area (Å²) in [4.78, 5) is 15.3. The van der Waals surface area contributed by atoms with E-state index in [0.29, 0.717) is 11.1 Å². The first-order valence-corrected chi connectivity index (χ1v) is 8.96. The van der Waals surface area contributed by atoms with Crippen molar-refractivity contribution in [3.05, 3.63) is 78.4 Å². The molecule has 0 atom stereocenters. The number of primary amides is 1. The Hall–Kier alpha value is -4.00. The Balaban J connectivity index is 1.81. The van der Waals surface area contributed by atoms with E-state index in [0.717, 1.165) is 22.4 Å². The highest BCUT2D eigenvalue weighted by molar-refractivity contribution is 5.89. The molecule has 4 rings (SSSR count). The van der Waals surface area contributed by atoms with Gasteiger partial charge in [0.25, 0.3) is 5.91 Å². The third-order valence-electron chi connectivity index (χ3n) is 4.65. The number of H-pyrrole nitrogens is 1. The second-order valence-corrected chi connectivity index (χ2v) is 6.44. The van der Waals surface area contributed by atoms with Crippen molar-refractivity contribution >= 4 is 11.6 Å². The van der Waals surface area contributed by atoms with Gasteiger partial charge >= 0.3 is 0 Å². The smallest absolute Gasteiger partial charge is 0.286 e. The molecule has 4 N–H and O–H groups in total. The molecule has 0 aliphatic rings. The number of hydrogen-bond donors (Lipinski definition) is 3. The van der Waals surface area contributed by atoms with Gasteiger partial charge in [0, 0.05) is 23.9 Å². The first kappa shape index (κ1) is 18.4. The van der Waals surface area contributed by atoms with Crippen LogP contribution in [0.5, 0.6) is 0 Å². The highest BCUT2D eigenvalue weighted by atomic mass is 19.1. The van der Waals surface area contributed by atoms with Gasteiger partial charge in [0.1, 0.15) is 5.82 Å². The van der Waals surface area contributed by atoms with Gasteiger partial charge in [-0.05, 0) is 47.0 Å². The van der Waals surface area contributed by atoms with Gasteiger partial charge in [-0.2, -0.15) is 5.10 Å². The highest BCUT2D eigenvalue weighted by Gasteiger charge is 2.15. The van der Waals surface area contributed by atoms with Crippen LogP contribution in [0.25, 0.3) is 33.6 Å². The monoisotopic (exact) mass is 387 g/mol. The summed E-state index contributed by atoms with van der Waals surface area (Å²) in [6.45, 7) is 0. The summed E-state index contributed by atoms with van der Waals surface area (Å²) >= 11 is 0. The quantitative estimate of drug-likeness (QED) is 0.481. The van der Waals surface area contributed by atoms with E-state index in [1.165, 1.54) is 6.07 Å². The van der Waals surface area contributed by atoms with Crippen LogP contribution in [0.2, 0.25) is 0 Å². The number of anilines is 1. The van der Waals surface area contributed by atoms with E-state index in [1.807, 2.05) is 55.6 Å². The maximum Gasteiger partial charge on any atom is 0.286 e. The summed E-state index contributed by atoms with van der Waals surface area (Å²) in [5.74, 6) is -0.841. The second kappa shape index (κ2) is 7.55. The number of carbonyl (C=O) groups excluding carboxylic acids is 1. The SMILES string of the molecule is CNc1ccc(-c2ccccc2-c2cc(-c3n[nH]c(C(N)=O)n3)ccc2F)cc1. The number of rotatable bonds is 5. The van der Waals surface area contributed by atoms with Crippen molar-refractivity contribution in [3.8, 4) is 33.6 Å². The van der Waals surface area contributed by atoms with Crippen LogP contribution in [-0.2, 0) is 0 Å². The number of benzene rings is 3. The van der Waals surface area contributed by atoms with Gasteiger partial charge in [0.05, 0.1) is 0 Å². The number of nitrogens with two attached hydrogens (primary N) is 1. The molecular weight excluding hydrogens is 369 g/mol. The molecule has 0 aliphatic carbocycles. The maximum atomic E-state index is 14.8. The number of aromatic nitrogens is 3. The third-order valence-corrected chi connectivity index (χ3v) is 4.65. The topological polar surface area (TPSA) is 96.7 Å². The largest absolute Gasteiger partial charge is 0.388 e. The molecule has 0 aliphatic heterocycles. The molecule has 1 aromatic heterocycles. The van der Waals surface area contributed by atoms with Gasteiger partial charge in [-0.15, -0.1) is 0 Å². The van der Waals surface area contributed by atoms with Crippen molar-refractivity contribution in [2.45, 2.75) is 0 Å². The van der Waals surface area contributed by atoms with Crippen LogP contribution in [0, 0.1) is 5.82 Å². The predicted molar refractivity (Wildman–Crippen MR) is 111 cm³/mol. The Morgan fingerprint density at radius 2 is 1.66 bits per heavy atom. The predicted octanol–water partition coefficient (Wildman–Crippen LogP) is 4.09. The Morgan fingerprint density at radius 3 is 2.31 bits per heavy atom. The van der Waals surface area contributed by atoms with Gasteiger partial charge in [0.15, 0.2) is 5.82 Å². The number of halogens is 1. The molecule has 6 nitrogen and oxygen atoms in total. The van der Waals surface area contributed by atoms with E-state index in [4.69, 9.17) is 5.73 Å². The molecular formula is C22H18FN5O. The van der Waals surface area contributed by atoms with E-state index < -0.39 is 5.91 Å². The fraction of sp³-hybridized carbons (Fsp3) is 0.0455. The van der Waals surface area contributed by atoms with E-state index in [2.05, 4.69) is 20.5 Å². The molecule has 0 bridgehead atoms. The highest BCUT2D eigenvalue weighted by Crippen LogP contribution is 2.35. The standard InChI is InChI=1S/C22H18FN5O/c1-25-15-9-6-13(7-10-15)16-4-2-3-5-17(16)18-12-14(8-11-19(18)23)21-26-22(20(24)29)28-27-21/h2-12,25H,1H3,(H2,24,29)(H,26,27,28). The van der Waals surface area contributed by atoms with E-state index in [9.17, 15) is 9.18 Å². The van der Waals surface area contributed by atoms with Crippen LogP contribution in [0.3, 0.4) is 0 Å². The minimum absolute atomic E-state index is 0.0455. The van der Waals surface area contributed by atoms with Gasteiger partial charge in [-0.25, -0.2) is 9.37 Å². The summed E-state index contributed by atoms with van der Waals surface area (Å²) < 4.78 is 14.8. The lowest BCUT2D eigenvalue weighted by Crippen LogP contribution is -2.12.